The van der Waals surface area contributed by atoms with Crippen molar-refractivity contribution in [1.29, 1.82) is 0 Å². The molecule has 0 saturated carbocycles. The molecule has 0 aliphatic heterocycles. The zero-order valence-electron chi connectivity index (χ0n) is 11.3. The summed E-state index contributed by atoms with van der Waals surface area (Å²) in [5, 5.41) is 0. The molecule has 2 aromatic carbocycles. The molecule has 0 amide bonds. The van der Waals surface area contributed by atoms with Gasteiger partial charge in [-0.15, -0.1) is 0 Å². The monoisotopic (exact) mass is 337 g/mol. The van der Waals surface area contributed by atoms with Crippen molar-refractivity contribution < 1.29 is 9.13 Å². The normalized spacial score (nSPS) is 12.2. The number of ether oxygens (including phenoxy) is 1. The molecule has 0 radical (unpaired) electrons. The van der Waals surface area contributed by atoms with Crippen LogP contribution >= 0.6 is 15.9 Å². The fourth-order valence-corrected chi connectivity index (χ4v) is 2.25. The fourth-order valence-electron chi connectivity index (χ4n) is 1.89. The molecule has 0 aliphatic carbocycles. The number of benzene rings is 2. The van der Waals surface area contributed by atoms with Gasteiger partial charge in [-0.05, 0) is 53.0 Å². The molecule has 2 aromatic rings. The second kappa shape index (κ2) is 6.86. The van der Waals surface area contributed by atoms with Gasteiger partial charge in [0.05, 0.1) is 4.47 Å². The highest BCUT2D eigenvalue weighted by molar-refractivity contribution is 9.10. The lowest BCUT2D eigenvalue weighted by Gasteiger charge is -2.15. The zero-order valence-corrected chi connectivity index (χ0v) is 12.9. The van der Waals surface area contributed by atoms with Crippen molar-refractivity contribution in [2.75, 3.05) is 0 Å². The van der Waals surface area contributed by atoms with E-state index in [0.717, 1.165) is 10.9 Å². The highest BCUT2D eigenvalue weighted by Gasteiger charge is 2.14. The molecule has 106 valence electrons. The van der Waals surface area contributed by atoms with Gasteiger partial charge in [0.2, 0.25) is 0 Å². The Balaban J connectivity index is 2.32. The molecule has 0 fully saturated rings. The lowest BCUT2D eigenvalue weighted by Crippen LogP contribution is -2.22. The number of hydrogen-bond donors (Lipinski definition) is 1. The number of halogens is 2. The Bertz CT molecular complexity index is 588. The van der Waals surface area contributed by atoms with E-state index < -0.39 is 0 Å². The molecule has 2 nitrogen and oxygen atoms in total. The highest BCUT2D eigenvalue weighted by Crippen LogP contribution is 2.32. The van der Waals surface area contributed by atoms with E-state index in [2.05, 4.69) is 15.9 Å². The molecule has 0 bridgehead atoms. The molecule has 1 unspecified atom stereocenters. The van der Waals surface area contributed by atoms with Gasteiger partial charge in [0.25, 0.3) is 0 Å². The molecule has 0 heterocycles. The van der Waals surface area contributed by atoms with E-state index in [1.165, 1.54) is 6.07 Å². The van der Waals surface area contributed by atoms with Crippen LogP contribution in [-0.2, 0) is 6.42 Å². The van der Waals surface area contributed by atoms with Crippen LogP contribution in [0, 0.1) is 5.82 Å². The Labute approximate surface area is 126 Å². The summed E-state index contributed by atoms with van der Waals surface area (Å²) in [7, 11) is 0. The first-order chi connectivity index (χ1) is 9.61. The smallest absolute Gasteiger partial charge is 0.141 e. The van der Waals surface area contributed by atoms with Gasteiger partial charge < -0.3 is 10.5 Å². The van der Waals surface area contributed by atoms with E-state index in [9.17, 15) is 4.39 Å². The first-order valence-corrected chi connectivity index (χ1v) is 7.36. The van der Waals surface area contributed by atoms with Crippen LogP contribution in [0.4, 0.5) is 4.39 Å². The molecule has 1 atom stereocenters. The Morgan fingerprint density at radius 3 is 2.55 bits per heavy atom. The topological polar surface area (TPSA) is 35.2 Å². The predicted octanol–water partition coefficient (Wildman–Crippen LogP) is 4.66. The van der Waals surface area contributed by atoms with E-state index in [1.807, 2.05) is 31.2 Å². The van der Waals surface area contributed by atoms with Crippen LogP contribution in [0.25, 0.3) is 0 Å². The number of nitrogens with two attached hydrogens (primary N) is 1. The minimum Gasteiger partial charge on any atom is -0.456 e. The van der Waals surface area contributed by atoms with Crippen molar-refractivity contribution >= 4 is 15.9 Å². The minimum absolute atomic E-state index is 0.0755. The molecule has 0 saturated heterocycles. The van der Waals surface area contributed by atoms with Crippen molar-refractivity contribution in [2.45, 2.75) is 25.8 Å². The van der Waals surface area contributed by atoms with Gasteiger partial charge in [0.15, 0.2) is 0 Å². The summed E-state index contributed by atoms with van der Waals surface area (Å²) in [6.45, 7) is 1.99. The quantitative estimate of drug-likeness (QED) is 0.861. The van der Waals surface area contributed by atoms with Crippen LogP contribution in [0.3, 0.4) is 0 Å². The van der Waals surface area contributed by atoms with Gasteiger partial charge in [-0.1, -0.05) is 25.1 Å². The zero-order chi connectivity index (χ0) is 14.5. The SMILES string of the molecule is CCC(N)Cc1c(F)cccc1Oc1ccccc1Br. The van der Waals surface area contributed by atoms with Crippen molar-refractivity contribution in [3.63, 3.8) is 0 Å². The average Bonchev–Trinajstić information content (AvgIpc) is 2.44. The molecule has 0 aromatic heterocycles. The summed E-state index contributed by atoms with van der Waals surface area (Å²) in [6, 6.07) is 12.2. The molecule has 0 aliphatic rings. The van der Waals surface area contributed by atoms with E-state index in [0.29, 0.717) is 23.5 Å². The van der Waals surface area contributed by atoms with E-state index in [4.69, 9.17) is 10.5 Å². The lowest BCUT2D eigenvalue weighted by atomic mass is 10.0. The molecule has 2 rings (SSSR count). The standard InChI is InChI=1S/C16H17BrFNO/c1-2-11(19)10-12-14(18)7-5-9-15(12)20-16-8-4-3-6-13(16)17/h3-9,11H,2,10,19H2,1H3. The summed E-state index contributed by atoms with van der Waals surface area (Å²) in [6.07, 6.45) is 1.26. The van der Waals surface area contributed by atoms with Gasteiger partial charge in [-0.2, -0.15) is 0 Å². The Hall–Kier alpha value is -1.39. The number of rotatable bonds is 5. The first-order valence-electron chi connectivity index (χ1n) is 6.57. The van der Waals surface area contributed by atoms with Gasteiger partial charge in [0, 0.05) is 11.6 Å². The summed E-state index contributed by atoms with van der Waals surface area (Å²) < 4.78 is 20.7. The molecular formula is C16H17BrFNO. The van der Waals surface area contributed by atoms with Crippen molar-refractivity contribution in [3.8, 4) is 11.5 Å². The van der Waals surface area contributed by atoms with Gasteiger partial charge in [0.1, 0.15) is 17.3 Å². The van der Waals surface area contributed by atoms with Crippen LogP contribution in [0.1, 0.15) is 18.9 Å². The second-order valence-electron chi connectivity index (χ2n) is 4.62. The van der Waals surface area contributed by atoms with Crippen molar-refractivity contribution in [2.24, 2.45) is 5.73 Å². The van der Waals surface area contributed by atoms with Crippen LogP contribution < -0.4 is 10.5 Å². The van der Waals surface area contributed by atoms with Crippen molar-refractivity contribution in [3.05, 3.63) is 58.3 Å². The predicted molar refractivity (Wildman–Crippen MR) is 82.6 cm³/mol. The number of hydrogen-bond acceptors (Lipinski definition) is 2. The van der Waals surface area contributed by atoms with Crippen LogP contribution in [0.15, 0.2) is 46.9 Å². The molecule has 2 N–H and O–H groups in total. The summed E-state index contributed by atoms with van der Waals surface area (Å²) in [5.41, 5.74) is 6.46. The maximum atomic E-state index is 14.0. The van der Waals surface area contributed by atoms with Gasteiger partial charge in [-0.3, -0.25) is 0 Å². The largest absolute Gasteiger partial charge is 0.456 e. The Morgan fingerprint density at radius 1 is 1.15 bits per heavy atom. The maximum Gasteiger partial charge on any atom is 0.141 e. The summed E-state index contributed by atoms with van der Waals surface area (Å²) in [5.74, 6) is 0.892. The maximum absolute atomic E-state index is 14.0. The van der Waals surface area contributed by atoms with Gasteiger partial charge >= 0.3 is 0 Å². The summed E-state index contributed by atoms with van der Waals surface area (Å²) >= 11 is 3.42. The number of para-hydroxylation sites is 1. The molecular weight excluding hydrogens is 321 g/mol. The molecule has 0 spiro atoms. The third-order valence-corrected chi connectivity index (χ3v) is 3.78. The third-order valence-electron chi connectivity index (χ3n) is 3.12. The first kappa shape index (κ1) is 15.0. The fraction of sp³-hybridized carbons (Fsp3) is 0.250. The van der Waals surface area contributed by atoms with Crippen LogP contribution in [0.5, 0.6) is 11.5 Å². The minimum atomic E-state index is -0.279. The van der Waals surface area contributed by atoms with E-state index in [-0.39, 0.29) is 11.9 Å². The Morgan fingerprint density at radius 2 is 1.85 bits per heavy atom. The Kier molecular flexibility index (Phi) is 5.15. The van der Waals surface area contributed by atoms with Crippen molar-refractivity contribution in [1.82, 2.24) is 0 Å². The molecule has 20 heavy (non-hydrogen) atoms. The highest BCUT2D eigenvalue weighted by atomic mass is 79.9. The third kappa shape index (κ3) is 3.58. The van der Waals surface area contributed by atoms with Crippen LogP contribution in [-0.4, -0.2) is 6.04 Å². The van der Waals surface area contributed by atoms with Crippen LogP contribution in [0.2, 0.25) is 0 Å². The second-order valence-corrected chi connectivity index (χ2v) is 5.48. The summed E-state index contributed by atoms with van der Waals surface area (Å²) in [4.78, 5) is 0. The molecule has 4 heteroatoms. The van der Waals surface area contributed by atoms with E-state index in [1.54, 1.807) is 12.1 Å². The van der Waals surface area contributed by atoms with Gasteiger partial charge in [-0.25, -0.2) is 4.39 Å². The lowest BCUT2D eigenvalue weighted by molar-refractivity contribution is 0.458. The average molecular weight is 338 g/mol. The van der Waals surface area contributed by atoms with E-state index >= 15 is 0 Å².